The molecule has 16 heavy (non-hydrogen) atoms. The van der Waals surface area contributed by atoms with Crippen molar-refractivity contribution in [2.45, 2.75) is 26.7 Å². The van der Waals surface area contributed by atoms with Crippen molar-refractivity contribution in [1.82, 2.24) is 4.90 Å². The Morgan fingerprint density at radius 3 is 2.50 bits per heavy atom. The van der Waals surface area contributed by atoms with Gasteiger partial charge in [0.1, 0.15) is 6.54 Å². The molecule has 0 aliphatic heterocycles. The van der Waals surface area contributed by atoms with Gasteiger partial charge in [-0.25, -0.2) is 0 Å². The van der Waals surface area contributed by atoms with E-state index in [4.69, 9.17) is 5.11 Å². The number of nitrogens with zero attached hydrogens (tertiary/aromatic N) is 1. The zero-order valence-corrected chi connectivity index (χ0v) is 9.85. The molecule has 0 radical (unpaired) electrons. The van der Waals surface area contributed by atoms with Crippen molar-refractivity contribution in [2.24, 2.45) is 11.8 Å². The van der Waals surface area contributed by atoms with Crippen LogP contribution in [0.2, 0.25) is 0 Å². The average molecular weight is 225 g/mol. The Hall–Kier alpha value is -1.32. The molecular weight excluding hydrogens is 206 g/mol. The topological polar surface area (TPSA) is 57.6 Å². The fourth-order valence-electron chi connectivity index (χ4n) is 1.45. The lowest BCUT2D eigenvalue weighted by Crippen LogP contribution is -2.37. The molecule has 0 bridgehead atoms. The Morgan fingerprint density at radius 2 is 2.06 bits per heavy atom. The van der Waals surface area contributed by atoms with Gasteiger partial charge in [0, 0.05) is 6.54 Å². The zero-order valence-electron chi connectivity index (χ0n) is 9.85. The largest absolute Gasteiger partial charge is 0.480 e. The van der Waals surface area contributed by atoms with Gasteiger partial charge in [0.15, 0.2) is 0 Å². The summed E-state index contributed by atoms with van der Waals surface area (Å²) in [4.78, 5) is 23.7. The average Bonchev–Trinajstić information content (AvgIpc) is 2.95. The highest BCUT2D eigenvalue weighted by Gasteiger charge is 2.20. The number of amides is 1. The van der Waals surface area contributed by atoms with Crippen LogP contribution in [-0.2, 0) is 9.59 Å². The number of rotatable bonds is 6. The molecule has 0 spiro atoms. The molecule has 1 saturated carbocycles. The minimum atomic E-state index is -0.964. The quantitative estimate of drug-likeness (QED) is 0.697. The van der Waals surface area contributed by atoms with E-state index in [0.717, 1.165) is 12.8 Å². The summed E-state index contributed by atoms with van der Waals surface area (Å²) in [6, 6.07) is 0. The summed E-state index contributed by atoms with van der Waals surface area (Å²) in [7, 11) is 0. The van der Waals surface area contributed by atoms with E-state index >= 15 is 0 Å². The first-order valence-corrected chi connectivity index (χ1v) is 5.68. The van der Waals surface area contributed by atoms with Crippen LogP contribution >= 0.6 is 0 Å². The maximum absolute atomic E-state index is 11.7. The van der Waals surface area contributed by atoms with Crippen LogP contribution in [0.3, 0.4) is 0 Å². The summed E-state index contributed by atoms with van der Waals surface area (Å²) >= 11 is 0. The van der Waals surface area contributed by atoms with E-state index in [1.807, 2.05) is 19.9 Å². The van der Waals surface area contributed by atoms with Gasteiger partial charge in [-0.05, 0) is 30.8 Å². The minimum Gasteiger partial charge on any atom is -0.480 e. The van der Waals surface area contributed by atoms with Crippen molar-refractivity contribution >= 4 is 11.9 Å². The summed E-state index contributed by atoms with van der Waals surface area (Å²) in [5.74, 6) is -0.343. The molecule has 90 valence electrons. The molecule has 0 aromatic carbocycles. The van der Waals surface area contributed by atoms with Crippen molar-refractivity contribution in [3.8, 4) is 0 Å². The first-order valence-electron chi connectivity index (χ1n) is 5.68. The molecule has 0 atom stereocenters. The van der Waals surface area contributed by atoms with Crippen LogP contribution in [0.5, 0.6) is 0 Å². The normalized spacial score (nSPS) is 15.7. The number of hydrogen-bond donors (Lipinski definition) is 1. The summed E-state index contributed by atoms with van der Waals surface area (Å²) in [5, 5.41) is 8.72. The Labute approximate surface area is 95.9 Å². The number of carbonyl (C=O) groups excluding carboxylic acids is 1. The predicted molar refractivity (Wildman–Crippen MR) is 60.9 cm³/mol. The van der Waals surface area contributed by atoms with E-state index < -0.39 is 5.97 Å². The molecule has 1 N–H and O–H groups in total. The van der Waals surface area contributed by atoms with Crippen molar-refractivity contribution < 1.29 is 14.7 Å². The number of carboxylic acids is 1. The second-order valence-corrected chi connectivity index (χ2v) is 4.70. The summed E-state index contributed by atoms with van der Waals surface area (Å²) < 4.78 is 0. The molecule has 0 unspecified atom stereocenters. The molecule has 1 fully saturated rings. The standard InChI is InChI=1S/C12H19NO3/c1-9(2)7-13(8-12(15)16)11(14)6-5-10-3-4-10/h5-6,9-10H,3-4,7-8H2,1-2H3,(H,15,16)/b6-5+. The van der Waals surface area contributed by atoms with Crippen molar-refractivity contribution in [3.63, 3.8) is 0 Å². The number of allylic oxidation sites excluding steroid dienone is 1. The number of aliphatic carboxylic acids is 1. The molecule has 0 saturated heterocycles. The molecule has 4 nitrogen and oxygen atoms in total. The van der Waals surface area contributed by atoms with Crippen LogP contribution in [0.4, 0.5) is 0 Å². The highest BCUT2D eigenvalue weighted by Crippen LogP contribution is 2.29. The fraction of sp³-hybridized carbons (Fsp3) is 0.667. The first kappa shape index (κ1) is 12.7. The zero-order chi connectivity index (χ0) is 12.1. The SMILES string of the molecule is CC(C)CN(CC(=O)O)C(=O)/C=C/C1CC1. The van der Waals surface area contributed by atoms with E-state index in [2.05, 4.69) is 0 Å². The maximum Gasteiger partial charge on any atom is 0.323 e. The van der Waals surface area contributed by atoms with Crippen LogP contribution < -0.4 is 0 Å². The summed E-state index contributed by atoms with van der Waals surface area (Å²) in [6.45, 7) is 4.20. The Morgan fingerprint density at radius 1 is 1.44 bits per heavy atom. The Balaban J connectivity index is 2.51. The molecule has 0 heterocycles. The molecule has 0 aromatic rings. The maximum atomic E-state index is 11.7. The van der Waals surface area contributed by atoms with Crippen LogP contribution in [0.15, 0.2) is 12.2 Å². The van der Waals surface area contributed by atoms with Gasteiger partial charge in [-0.3, -0.25) is 9.59 Å². The van der Waals surface area contributed by atoms with E-state index in [9.17, 15) is 9.59 Å². The molecule has 0 aromatic heterocycles. The van der Waals surface area contributed by atoms with Crippen molar-refractivity contribution in [3.05, 3.63) is 12.2 Å². The molecule has 1 rings (SSSR count). The van der Waals surface area contributed by atoms with Gasteiger partial charge in [0.05, 0.1) is 0 Å². The van der Waals surface area contributed by atoms with Crippen LogP contribution in [0, 0.1) is 11.8 Å². The Kier molecular flexibility index (Phi) is 4.52. The van der Waals surface area contributed by atoms with Gasteiger partial charge in [-0.1, -0.05) is 19.9 Å². The van der Waals surface area contributed by atoms with Crippen LogP contribution in [0.1, 0.15) is 26.7 Å². The minimum absolute atomic E-state index is 0.192. The summed E-state index contributed by atoms with van der Waals surface area (Å²) in [5.41, 5.74) is 0. The van der Waals surface area contributed by atoms with Gasteiger partial charge in [0.25, 0.3) is 0 Å². The van der Waals surface area contributed by atoms with Crippen molar-refractivity contribution in [1.29, 1.82) is 0 Å². The van der Waals surface area contributed by atoms with Crippen LogP contribution in [-0.4, -0.2) is 35.0 Å². The van der Waals surface area contributed by atoms with E-state index in [-0.39, 0.29) is 18.4 Å². The van der Waals surface area contributed by atoms with Gasteiger partial charge >= 0.3 is 5.97 Å². The van der Waals surface area contributed by atoms with E-state index in [1.54, 1.807) is 0 Å². The second-order valence-electron chi connectivity index (χ2n) is 4.70. The molecule has 1 aliphatic rings. The third-order valence-corrected chi connectivity index (χ3v) is 2.36. The number of carbonyl (C=O) groups is 2. The molecule has 1 amide bonds. The third-order valence-electron chi connectivity index (χ3n) is 2.36. The fourth-order valence-corrected chi connectivity index (χ4v) is 1.45. The highest BCUT2D eigenvalue weighted by molar-refractivity contribution is 5.90. The van der Waals surface area contributed by atoms with Gasteiger partial charge < -0.3 is 10.0 Å². The van der Waals surface area contributed by atoms with Gasteiger partial charge in [-0.2, -0.15) is 0 Å². The lowest BCUT2D eigenvalue weighted by atomic mass is 10.2. The molecular formula is C12H19NO3. The smallest absolute Gasteiger partial charge is 0.323 e. The predicted octanol–water partition coefficient (Wildman–Crippen LogP) is 1.52. The third kappa shape index (κ3) is 4.96. The van der Waals surface area contributed by atoms with Crippen LogP contribution in [0.25, 0.3) is 0 Å². The van der Waals surface area contributed by atoms with Gasteiger partial charge in [-0.15, -0.1) is 0 Å². The number of carboxylic acid groups (broad SMARTS) is 1. The lowest BCUT2D eigenvalue weighted by Gasteiger charge is -2.21. The molecule has 4 heteroatoms. The lowest BCUT2D eigenvalue weighted by molar-refractivity contribution is -0.143. The van der Waals surface area contributed by atoms with Crippen molar-refractivity contribution in [2.75, 3.05) is 13.1 Å². The highest BCUT2D eigenvalue weighted by atomic mass is 16.4. The summed E-state index contributed by atoms with van der Waals surface area (Å²) in [6.07, 6.45) is 5.69. The van der Waals surface area contributed by atoms with E-state index in [0.29, 0.717) is 12.5 Å². The van der Waals surface area contributed by atoms with E-state index in [1.165, 1.54) is 11.0 Å². The van der Waals surface area contributed by atoms with Gasteiger partial charge in [0.2, 0.25) is 5.91 Å². The second kappa shape index (κ2) is 5.68. The first-order chi connectivity index (χ1) is 7.49. The monoisotopic (exact) mass is 225 g/mol. The Bertz CT molecular complexity index is 293. The molecule has 1 aliphatic carbocycles. The number of hydrogen-bond acceptors (Lipinski definition) is 2.